The van der Waals surface area contributed by atoms with E-state index in [-0.39, 0.29) is 11.9 Å². The van der Waals surface area contributed by atoms with Gasteiger partial charge in [-0.3, -0.25) is 4.79 Å². The molecule has 2 nitrogen and oxygen atoms in total. The SMILES string of the molecule is CC(=O)O/C(=C\CC(C)C)C(C)C. The molecule has 0 aliphatic rings. The minimum atomic E-state index is -0.233. The quantitative estimate of drug-likeness (QED) is 0.495. The molecular formula is C11H20O2. The van der Waals surface area contributed by atoms with E-state index < -0.39 is 0 Å². The van der Waals surface area contributed by atoms with E-state index >= 15 is 0 Å². The maximum absolute atomic E-state index is 10.7. The Labute approximate surface area is 81.0 Å². The Balaban J connectivity index is 4.23. The highest BCUT2D eigenvalue weighted by Crippen LogP contribution is 2.14. The van der Waals surface area contributed by atoms with Gasteiger partial charge in [-0.05, 0) is 18.4 Å². The number of hydrogen-bond acceptors (Lipinski definition) is 2. The second-order valence-corrected chi connectivity index (χ2v) is 3.98. The largest absolute Gasteiger partial charge is 0.431 e. The molecule has 0 aliphatic heterocycles. The molecule has 0 radical (unpaired) electrons. The fourth-order valence-corrected chi connectivity index (χ4v) is 0.913. The second-order valence-electron chi connectivity index (χ2n) is 3.98. The lowest BCUT2D eigenvalue weighted by Gasteiger charge is -2.11. The minimum absolute atomic E-state index is 0.233. The van der Waals surface area contributed by atoms with Gasteiger partial charge in [0.05, 0.1) is 0 Å². The van der Waals surface area contributed by atoms with Crippen LogP contribution in [0.25, 0.3) is 0 Å². The fraction of sp³-hybridized carbons (Fsp3) is 0.727. The molecule has 0 spiro atoms. The van der Waals surface area contributed by atoms with Crippen molar-refractivity contribution in [3.8, 4) is 0 Å². The summed E-state index contributed by atoms with van der Waals surface area (Å²) in [5, 5.41) is 0. The molecule has 0 aromatic heterocycles. The monoisotopic (exact) mass is 184 g/mol. The third kappa shape index (κ3) is 6.38. The predicted octanol–water partition coefficient (Wildman–Crippen LogP) is 3.14. The molecule has 0 rings (SSSR count). The normalized spacial score (nSPS) is 12.4. The number of rotatable bonds is 4. The van der Waals surface area contributed by atoms with Crippen LogP contribution in [0.4, 0.5) is 0 Å². The first-order valence-electron chi connectivity index (χ1n) is 4.82. The Bertz CT molecular complexity index is 190. The smallest absolute Gasteiger partial charge is 0.307 e. The lowest BCUT2D eigenvalue weighted by atomic mass is 10.1. The third-order valence-electron chi connectivity index (χ3n) is 1.62. The van der Waals surface area contributed by atoms with Crippen molar-refractivity contribution in [2.45, 2.75) is 41.0 Å². The van der Waals surface area contributed by atoms with Gasteiger partial charge < -0.3 is 4.74 Å². The maximum Gasteiger partial charge on any atom is 0.307 e. The van der Waals surface area contributed by atoms with Gasteiger partial charge in [0.15, 0.2) is 0 Å². The first kappa shape index (κ1) is 12.2. The summed E-state index contributed by atoms with van der Waals surface area (Å²) in [6.07, 6.45) is 2.97. The Morgan fingerprint density at radius 1 is 1.31 bits per heavy atom. The standard InChI is InChI=1S/C11H20O2/c1-8(2)6-7-11(9(3)4)13-10(5)12/h7-9H,6H2,1-5H3/b11-7-. The first-order chi connectivity index (χ1) is 5.93. The second kappa shape index (κ2) is 5.79. The summed E-state index contributed by atoms with van der Waals surface area (Å²) >= 11 is 0. The summed E-state index contributed by atoms with van der Waals surface area (Å²) < 4.78 is 5.08. The van der Waals surface area contributed by atoms with Crippen molar-refractivity contribution in [3.05, 3.63) is 11.8 Å². The summed E-state index contributed by atoms with van der Waals surface area (Å²) in [5.41, 5.74) is 0. The van der Waals surface area contributed by atoms with Crippen molar-refractivity contribution in [2.24, 2.45) is 11.8 Å². The first-order valence-corrected chi connectivity index (χ1v) is 4.82. The van der Waals surface area contributed by atoms with Crippen LogP contribution in [0, 0.1) is 11.8 Å². The lowest BCUT2D eigenvalue weighted by molar-refractivity contribution is -0.137. The zero-order chi connectivity index (χ0) is 10.4. The van der Waals surface area contributed by atoms with Crippen molar-refractivity contribution in [1.82, 2.24) is 0 Å². The Morgan fingerprint density at radius 3 is 2.15 bits per heavy atom. The van der Waals surface area contributed by atoms with Crippen LogP contribution in [0.1, 0.15) is 41.0 Å². The van der Waals surface area contributed by atoms with Crippen molar-refractivity contribution in [3.63, 3.8) is 0 Å². The Hall–Kier alpha value is -0.790. The molecule has 0 N–H and O–H groups in total. The van der Waals surface area contributed by atoms with E-state index in [0.717, 1.165) is 12.2 Å². The van der Waals surface area contributed by atoms with Crippen LogP contribution in [0.3, 0.4) is 0 Å². The van der Waals surface area contributed by atoms with Gasteiger partial charge in [-0.25, -0.2) is 0 Å². The highest BCUT2D eigenvalue weighted by Gasteiger charge is 2.07. The minimum Gasteiger partial charge on any atom is -0.431 e. The molecule has 0 unspecified atom stereocenters. The molecule has 0 fully saturated rings. The van der Waals surface area contributed by atoms with Gasteiger partial charge in [-0.2, -0.15) is 0 Å². The molecule has 0 atom stereocenters. The summed E-state index contributed by atoms with van der Waals surface area (Å²) in [4.78, 5) is 10.7. The molecular weight excluding hydrogens is 164 g/mol. The molecule has 0 aliphatic carbocycles. The lowest BCUT2D eigenvalue weighted by Crippen LogP contribution is -2.05. The van der Waals surface area contributed by atoms with Gasteiger partial charge in [0.2, 0.25) is 0 Å². The van der Waals surface area contributed by atoms with Gasteiger partial charge in [0.25, 0.3) is 0 Å². The molecule has 0 amide bonds. The summed E-state index contributed by atoms with van der Waals surface area (Å²) in [6.45, 7) is 9.76. The van der Waals surface area contributed by atoms with E-state index in [9.17, 15) is 4.79 Å². The van der Waals surface area contributed by atoms with Gasteiger partial charge in [0.1, 0.15) is 5.76 Å². The van der Waals surface area contributed by atoms with E-state index in [2.05, 4.69) is 13.8 Å². The van der Waals surface area contributed by atoms with Crippen LogP contribution < -0.4 is 0 Å². The van der Waals surface area contributed by atoms with Gasteiger partial charge in [0, 0.05) is 12.8 Å². The van der Waals surface area contributed by atoms with Crippen LogP contribution >= 0.6 is 0 Å². The van der Waals surface area contributed by atoms with E-state index in [1.165, 1.54) is 6.92 Å². The van der Waals surface area contributed by atoms with Crippen LogP contribution in [-0.4, -0.2) is 5.97 Å². The average molecular weight is 184 g/mol. The molecule has 0 heterocycles. The molecule has 0 aromatic rings. The molecule has 0 bridgehead atoms. The zero-order valence-electron chi connectivity index (χ0n) is 9.26. The molecule has 0 saturated heterocycles. The van der Waals surface area contributed by atoms with Crippen molar-refractivity contribution in [2.75, 3.05) is 0 Å². The van der Waals surface area contributed by atoms with Gasteiger partial charge >= 0.3 is 5.97 Å². The van der Waals surface area contributed by atoms with Crippen LogP contribution in [0.2, 0.25) is 0 Å². The third-order valence-corrected chi connectivity index (χ3v) is 1.62. The Morgan fingerprint density at radius 2 is 1.85 bits per heavy atom. The summed E-state index contributed by atoms with van der Waals surface area (Å²) in [6, 6.07) is 0. The van der Waals surface area contributed by atoms with E-state index in [1.807, 2.05) is 19.9 Å². The number of carbonyl (C=O) groups excluding carboxylic acids is 1. The van der Waals surface area contributed by atoms with E-state index in [4.69, 9.17) is 4.74 Å². The highest BCUT2D eigenvalue weighted by molar-refractivity contribution is 5.67. The predicted molar refractivity (Wildman–Crippen MR) is 54.1 cm³/mol. The number of esters is 1. The van der Waals surface area contributed by atoms with E-state index in [1.54, 1.807) is 0 Å². The zero-order valence-corrected chi connectivity index (χ0v) is 9.26. The average Bonchev–Trinajstić information content (AvgIpc) is 1.96. The number of ether oxygens (including phenoxy) is 1. The molecule has 0 aromatic carbocycles. The number of hydrogen-bond donors (Lipinski definition) is 0. The van der Waals surface area contributed by atoms with Crippen LogP contribution in [0.15, 0.2) is 11.8 Å². The van der Waals surface area contributed by atoms with Crippen molar-refractivity contribution in [1.29, 1.82) is 0 Å². The topological polar surface area (TPSA) is 26.3 Å². The molecule has 2 heteroatoms. The maximum atomic E-state index is 10.7. The molecule has 13 heavy (non-hydrogen) atoms. The van der Waals surface area contributed by atoms with Gasteiger partial charge in [-0.1, -0.05) is 27.7 Å². The van der Waals surface area contributed by atoms with E-state index in [0.29, 0.717) is 5.92 Å². The van der Waals surface area contributed by atoms with Crippen molar-refractivity contribution < 1.29 is 9.53 Å². The van der Waals surface area contributed by atoms with Crippen LogP contribution in [0.5, 0.6) is 0 Å². The Kier molecular flexibility index (Phi) is 5.44. The van der Waals surface area contributed by atoms with Crippen LogP contribution in [-0.2, 0) is 9.53 Å². The van der Waals surface area contributed by atoms with Gasteiger partial charge in [-0.15, -0.1) is 0 Å². The summed E-state index contributed by atoms with van der Waals surface area (Å²) in [5.74, 6) is 1.44. The number of carbonyl (C=O) groups is 1. The molecule has 0 saturated carbocycles. The summed E-state index contributed by atoms with van der Waals surface area (Å²) in [7, 11) is 0. The molecule has 76 valence electrons. The fourth-order valence-electron chi connectivity index (χ4n) is 0.913. The number of allylic oxidation sites excluding steroid dienone is 2. The highest BCUT2D eigenvalue weighted by atomic mass is 16.5. The van der Waals surface area contributed by atoms with Crippen molar-refractivity contribution >= 4 is 5.97 Å².